The minimum atomic E-state index is -0.514. The molecule has 0 unspecified atom stereocenters. The SMILES string of the molecule is COc1ccccc1NC(=O)Cn1nc(-c2cccc([N+](=O)[O-])c2)ccc1=O. The summed E-state index contributed by atoms with van der Waals surface area (Å²) in [6, 6.07) is 15.5. The maximum Gasteiger partial charge on any atom is 0.270 e. The van der Waals surface area contributed by atoms with Crippen LogP contribution in [0.15, 0.2) is 65.5 Å². The Hall–Kier alpha value is -4.01. The highest BCUT2D eigenvalue weighted by atomic mass is 16.6. The molecule has 0 atom stereocenters. The molecule has 0 aliphatic carbocycles. The predicted molar refractivity (Wildman–Crippen MR) is 102 cm³/mol. The lowest BCUT2D eigenvalue weighted by Gasteiger charge is -2.11. The number of benzene rings is 2. The largest absolute Gasteiger partial charge is 0.495 e. The van der Waals surface area contributed by atoms with E-state index in [0.29, 0.717) is 22.7 Å². The summed E-state index contributed by atoms with van der Waals surface area (Å²) in [5, 5.41) is 17.8. The molecule has 0 radical (unpaired) electrons. The van der Waals surface area contributed by atoms with Crippen LogP contribution >= 0.6 is 0 Å². The summed E-state index contributed by atoms with van der Waals surface area (Å²) < 4.78 is 6.17. The van der Waals surface area contributed by atoms with Gasteiger partial charge in [-0.05, 0) is 18.2 Å². The second-order valence-electron chi connectivity index (χ2n) is 5.77. The van der Waals surface area contributed by atoms with Crippen LogP contribution in [0.5, 0.6) is 5.75 Å². The molecule has 1 heterocycles. The first-order chi connectivity index (χ1) is 13.5. The molecule has 142 valence electrons. The van der Waals surface area contributed by atoms with Crippen molar-refractivity contribution in [1.29, 1.82) is 0 Å². The fourth-order valence-electron chi connectivity index (χ4n) is 2.57. The normalized spacial score (nSPS) is 10.3. The number of carbonyl (C=O) groups is 1. The molecular weight excluding hydrogens is 364 g/mol. The number of anilines is 1. The minimum Gasteiger partial charge on any atom is -0.495 e. The van der Waals surface area contributed by atoms with E-state index in [1.54, 1.807) is 30.3 Å². The predicted octanol–water partition coefficient (Wildman–Crippen LogP) is 2.47. The highest BCUT2D eigenvalue weighted by Crippen LogP contribution is 2.23. The Balaban J connectivity index is 1.84. The molecule has 0 aliphatic rings. The standard InChI is InChI=1S/C19H16N4O5/c1-28-17-8-3-2-7-16(17)20-18(24)12-22-19(25)10-9-15(21-22)13-5-4-6-14(11-13)23(26)27/h2-11H,12H2,1H3,(H,20,24). The van der Waals surface area contributed by atoms with E-state index in [2.05, 4.69) is 10.4 Å². The number of nitrogens with one attached hydrogen (secondary N) is 1. The van der Waals surface area contributed by atoms with Gasteiger partial charge >= 0.3 is 0 Å². The molecule has 0 saturated carbocycles. The number of aromatic nitrogens is 2. The number of nitro benzene ring substituents is 1. The van der Waals surface area contributed by atoms with Crippen molar-refractivity contribution in [2.45, 2.75) is 6.54 Å². The van der Waals surface area contributed by atoms with Crippen molar-refractivity contribution < 1.29 is 14.5 Å². The third kappa shape index (κ3) is 4.21. The van der Waals surface area contributed by atoms with E-state index < -0.39 is 16.4 Å². The molecule has 0 spiro atoms. The Morgan fingerprint density at radius 1 is 1.18 bits per heavy atom. The van der Waals surface area contributed by atoms with Gasteiger partial charge in [-0.15, -0.1) is 0 Å². The number of amides is 1. The quantitative estimate of drug-likeness (QED) is 0.519. The van der Waals surface area contributed by atoms with Crippen molar-refractivity contribution in [3.63, 3.8) is 0 Å². The number of carbonyl (C=O) groups excluding carboxylic acids is 1. The van der Waals surface area contributed by atoms with Crippen LogP contribution in [0.3, 0.4) is 0 Å². The number of nitro groups is 1. The van der Waals surface area contributed by atoms with Crippen LogP contribution in [0.4, 0.5) is 11.4 Å². The van der Waals surface area contributed by atoms with Crippen molar-refractivity contribution in [3.8, 4) is 17.0 Å². The van der Waals surface area contributed by atoms with Crippen LogP contribution in [-0.4, -0.2) is 27.7 Å². The number of hydrogen-bond acceptors (Lipinski definition) is 6. The second kappa shape index (κ2) is 8.12. The Kier molecular flexibility index (Phi) is 5.45. The smallest absolute Gasteiger partial charge is 0.270 e. The number of hydrogen-bond donors (Lipinski definition) is 1. The van der Waals surface area contributed by atoms with Crippen LogP contribution in [0.2, 0.25) is 0 Å². The van der Waals surface area contributed by atoms with Gasteiger partial charge in [-0.1, -0.05) is 24.3 Å². The maximum absolute atomic E-state index is 12.3. The van der Waals surface area contributed by atoms with E-state index in [9.17, 15) is 19.7 Å². The fourth-order valence-corrected chi connectivity index (χ4v) is 2.57. The first-order valence-corrected chi connectivity index (χ1v) is 8.24. The van der Waals surface area contributed by atoms with Crippen LogP contribution < -0.4 is 15.6 Å². The molecule has 0 fully saturated rings. The number of rotatable bonds is 6. The number of ether oxygens (including phenoxy) is 1. The monoisotopic (exact) mass is 380 g/mol. The first-order valence-electron chi connectivity index (χ1n) is 8.24. The molecule has 2 aromatic carbocycles. The Morgan fingerprint density at radius 3 is 2.71 bits per heavy atom. The molecule has 28 heavy (non-hydrogen) atoms. The van der Waals surface area contributed by atoms with Crippen molar-refractivity contribution in [1.82, 2.24) is 9.78 Å². The summed E-state index contributed by atoms with van der Waals surface area (Å²) in [5.74, 6) is 0.0248. The van der Waals surface area contributed by atoms with Gasteiger partial charge in [0.1, 0.15) is 12.3 Å². The number of non-ortho nitro benzene ring substituents is 1. The first kappa shape index (κ1) is 18.8. The van der Waals surface area contributed by atoms with Gasteiger partial charge in [0.25, 0.3) is 11.2 Å². The summed E-state index contributed by atoms with van der Waals surface area (Å²) >= 11 is 0. The summed E-state index contributed by atoms with van der Waals surface area (Å²) in [7, 11) is 1.49. The average molecular weight is 380 g/mol. The average Bonchev–Trinajstić information content (AvgIpc) is 2.70. The third-order valence-electron chi connectivity index (χ3n) is 3.89. The van der Waals surface area contributed by atoms with Gasteiger partial charge in [-0.25, -0.2) is 4.68 Å². The van der Waals surface area contributed by atoms with Crippen LogP contribution in [0, 0.1) is 10.1 Å². The molecule has 3 rings (SSSR count). The van der Waals surface area contributed by atoms with Gasteiger partial charge in [-0.2, -0.15) is 5.10 Å². The molecule has 0 bridgehead atoms. The zero-order valence-electron chi connectivity index (χ0n) is 14.9. The van der Waals surface area contributed by atoms with Gasteiger partial charge in [0.15, 0.2) is 0 Å². The Labute approximate surface area is 159 Å². The second-order valence-corrected chi connectivity index (χ2v) is 5.77. The third-order valence-corrected chi connectivity index (χ3v) is 3.89. The lowest BCUT2D eigenvalue weighted by molar-refractivity contribution is -0.384. The van der Waals surface area contributed by atoms with Crippen LogP contribution in [-0.2, 0) is 11.3 Å². The molecule has 1 aromatic heterocycles. The van der Waals surface area contributed by atoms with Crippen molar-refractivity contribution in [2.75, 3.05) is 12.4 Å². The van der Waals surface area contributed by atoms with Gasteiger partial charge < -0.3 is 10.1 Å². The highest BCUT2D eigenvalue weighted by Gasteiger charge is 2.12. The molecule has 0 saturated heterocycles. The van der Waals surface area contributed by atoms with Crippen molar-refractivity contribution >= 4 is 17.3 Å². The molecular formula is C19H16N4O5. The van der Waals surface area contributed by atoms with E-state index in [-0.39, 0.29) is 12.2 Å². The van der Waals surface area contributed by atoms with Gasteiger partial charge in [0.05, 0.1) is 23.4 Å². The van der Waals surface area contributed by atoms with Gasteiger partial charge in [0.2, 0.25) is 5.91 Å². The maximum atomic E-state index is 12.3. The molecule has 1 N–H and O–H groups in total. The van der Waals surface area contributed by atoms with Crippen molar-refractivity contribution in [3.05, 3.63) is 81.1 Å². The summed E-state index contributed by atoms with van der Waals surface area (Å²) in [6.07, 6.45) is 0. The number of para-hydroxylation sites is 2. The molecule has 0 aliphatic heterocycles. The summed E-state index contributed by atoms with van der Waals surface area (Å²) in [5.41, 5.74) is 0.717. The van der Waals surface area contributed by atoms with Gasteiger partial charge in [-0.3, -0.25) is 19.7 Å². The van der Waals surface area contributed by atoms with E-state index >= 15 is 0 Å². The fraction of sp³-hybridized carbons (Fsp3) is 0.105. The van der Waals surface area contributed by atoms with Crippen LogP contribution in [0.25, 0.3) is 11.3 Å². The summed E-state index contributed by atoms with van der Waals surface area (Å²) in [4.78, 5) is 34.8. The topological polar surface area (TPSA) is 116 Å². The minimum absolute atomic E-state index is 0.0917. The Bertz CT molecular complexity index is 1090. The molecule has 3 aromatic rings. The van der Waals surface area contributed by atoms with E-state index in [1.165, 1.54) is 37.4 Å². The van der Waals surface area contributed by atoms with E-state index in [4.69, 9.17) is 4.74 Å². The zero-order valence-corrected chi connectivity index (χ0v) is 14.9. The lowest BCUT2D eigenvalue weighted by atomic mass is 10.1. The summed E-state index contributed by atoms with van der Waals surface area (Å²) in [6.45, 7) is -0.320. The molecule has 9 nitrogen and oxygen atoms in total. The molecule has 9 heteroatoms. The highest BCUT2D eigenvalue weighted by molar-refractivity contribution is 5.92. The van der Waals surface area contributed by atoms with Crippen molar-refractivity contribution in [2.24, 2.45) is 0 Å². The zero-order chi connectivity index (χ0) is 20.1. The van der Waals surface area contributed by atoms with E-state index in [0.717, 1.165) is 4.68 Å². The number of nitrogens with zero attached hydrogens (tertiary/aromatic N) is 3. The molecule has 1 amide bonds. The number of methoxy groups -OCH3 is 1. The van der Waals surface area contributed by atoms with Crippen LogP contribution in [0.1, 0.15) is 0 Å². The van der Waals surface area contributed by atoms with Gasteiger partial charge in [0, 0.05) is 23.8 Å². The Morgan fingerprint density at radius 2 is 1.96 bits per heavy atom. The van der Waals surface area contributed by atoms with E-state index in [1.807, 2.05) is 0 Å². The lowest BCUT2D eigenvalue weighted by Crippen LogP contribution is -2.29.